The van der Waals surface area contributed by atoms with Gasteiger partial charge in [0.15, 0.2) is 0 Å². The Balaban J connectivity index is 0.00000242. The van der Waals surface area contributed by atoms with Gasteiger partial charge in [-0.25, -0.2) is 0 Å². The van der Waals surface area contributed by atoms with Crippen molar-refractivity contribution in [1.29, 1.82) is 0 Å². The highest BCUT2D eigenvalue weighted by atomic mass is 35.5. The fourth-order valence-corrected chi connectivity index (χ4v) is 3.23. The summed E-state index contributed by atoms with van der Waals surface area (Å²) >= 11 is 0. The van der Waals surface area contributed by atoms with Crippen molar-refractivity contribution >= 4 is 18.3 Å². The van der Waals surface area contributed by atoms with Crippen molar-refractivity contribution in [1.82, 2.24) is 10.6 Å². The molecule has 124 valence electrons. The smallest absolute Gasteiger partial charge is 0.220 e. The number of rotatable bonds is 7. The van der Waals surface area contributed by atoms with Gasteiger partial charge >= 0.3 is 0 Å². The van der Waals surface area contributed by atoms with Crippen LogP contribution in [0.25, 0.3) is 0 Å². The van der Waals surface area contributed by atoms with Crippen molar-refractivity contribution in [2.24, 2.45) is 5.92 Å². The maximum absolute atomic E-state index is 11.9. The topological polar surface area (TPSA) is 41.1 Å². The van der Waals surface area contributed by atoms with E-state index in [2.05, 4.69) is 47.9 Å². The molecule has 0 aromatic heterocycles. The molecular formula is C18H29ClN2O. The van der Waals surface area contributed by atoms with E-state index in [0.29, 0.717) is 18.3 Å². The molecule has 1 aliphatic rings. The van der Waals surface area contributed by atoms with E-state index in [-0.39, 0.29) is 18.3 Å². The molecule has 0 radical (unpaired) electrons. The lowest BCUT2D eigenvalue weighted by molar-refractivity contribution is -0.122. The monoisotopic (exact) mass is 324 g/mol. The normalized spacial score (nSPS) is 21.0. The third-order valence-electron chi connectivity index (χ3n) is 4.47. The van der Waals surface area contributed by atoms with Crippen LogP contribution in [0.1, 0.15) is 50.5 Å². The zero-order chi connectivity index (χ0) is 14.9. The average molecular weight is 325 g/mol. The molecule has 1 amide bonds. The maximum Gasteiger partial charge on any atom is 0.220 e. The van der Waals surface area contributed by atoms with Crippen molar-refractivity contribution in [3.8, 4) is 0 Å². The summed E-state index contributed by atoms with van der Waals surface area (Å²) in [6.45, 7) is 4.64. The van der Waals surface area contributed by atoms with E-state index in [0.717, 1.165) is 19.6 Å². The van der Waals surface area contributed by atoms with Crippen molar-refractivity contribution in [3.63, 3.8) is 0 Å². The van der Waals surface area contributed by atoms with Gasteiger partial charge in [0.1, 0.15) is 0 Å². The van der Waals surface area contributed by atoms with Crippen LogP contribution in [-0.4, -0.2) is 25.5 Å². The predicted molar refractivity (Wildman–Crippen MR) is 94.6 cm³/mol. The first kappa shape index (κ1) is 19.0. The zero-order valence-electron chi connectivity index (χ0n) is 13.5. The minimum Gasteiger partial charge on any atom is -0.355 e. The molecule has 0 saturated heterocycles. The van der Waals surface area contributed by atoms with Gasteiger partial charge in [-0.15, -0.1) is 12.4 Å². The third kappa shape index (κ3) is 6.37. The van der Waals surface area contributed by atoms with Crippen LogP contribution < -0.4 is 10.6 Å². The molecule has 1 aromatic rings. The average Bonchev–Trinajstić information content (AvgIpc) is 2.53. The Morgan fingerprint density at radius 1 is 1.09 bits per heavy atom. The quantitative estimate of drug-likeness (QED) is 0.754. The van der Waals surface area contributed by atoms with Crippen molar-refractivity contribution < 1.29 is 4.79 Å². The summed E-state index contributed by atoms with van der Waals surface area (Å²) < 4.78 is 0. The summed E-state index contributed by atoms with van der Waals surface area (Å²) in [5, 5.41) is 6.22. The van der Waals surface area contributed by atoms with E-state index in [9.17, 15) is 4.79 Å². The number of hydrogen-bond donors (Lipinski definition) is 2. The van der Waals surface area contributed by atoms with Gasteiger partial charge in [-0.3, -0.25) is 4.79 Å². The first-order chi connectivity index (χ1) is 10.3. The van der Waals surface area contributed by atoms with Gasteiger partial charge in [0.2, 0.25) is 5.91 Å². The molecule has 0 spiro atoms. The lowest BCUT2D eigenvalue weighted by atomic mass is 9.77. The maximum atomic E-state index is 11.9. The largest absolute Gasteiger partial charge is 0.355 e. The molecule has 2 rings (SSSR count). The second-order valence-corrected chi connectivity index (χ2v) is 6.04. The lowest BCUT2D eigenvalue weighted by Gasteiger charge is -2.28. The van der Waals surface area contributed by atoms with Crippen LogP contribution in [0.2, 0.25) is 0 Å². The first-order valence-corrected chi connectivity index (χ1v) is 8.32. The molecule has 22 heavy (non-hydrogen) atoms. The van der Waals surface area contributed by atoms with Gasteiger partial charge in [0.05, 0.1) is 0 Å². The SMILES string of the molecule is CCNCCNC(=O)CC1CCC(c2ccccc2)CC1.Cl. The second-order valence-electron chi connectivity index (χ2n) is 6.04. The van der Waals surface area contributed by atoms with Crippen LogP contribution in [0.15, 0.2) is 30.3 Å². The molecule has 0 bridgehead atoms. The fraction of sp³-hybridized carbons (Fsp3) is 0.611. The highest BCUT2D eigenvalue weighted by molar-refractivity contribution is 5.85. The van der Waals surface area contributed by atoms with Crippen LogP contribution >= 0.6 is 12.4 Å². The minimum absolute atomic E-state index is 0. The first-order valence-electron chi connectivity index (χ1n) is 8.32. The fourth-order valence-electron chi connectivity index (χ4n) is 3.23. The van der Waals surface area contributed by atoms with Gasteiger partial charge in [-0.2, -0.15) is 0 Å². The van der Waals surface area contributed by atoms with Gasteiger partial charge in [0, 0.05) is 19.5 Å². The van der Waals surface area contributed by atoms with Crippen LogP contribution in [0.5, 0.6) is 0 Å². The number of likely N-dealkylation sites (N-methyl/N-ethyl adjacent to an activating group) is 1. The number of hydrogen-bond acceptors (Lipinski definition) is 2. The number of carbonyl (C=O) groups excluding carboxylic acids is 1. The van der Waals surface area contributed by atoms with Crippen molar-refractivity contribution in [3.05, 3.63) is 35.9 Å². The van der Waals surface area contributed by atoms with Crippen LogP contribution in [0.4, 0.5) is 0 Å². The molecule has 1 aliphatic carbocycles. The zero-order valence-corrected chi connectivity index (χ0v) is 14.3. The van der Waals surface area contributed by atoms with Crippen molar-refractivity contribution in [2.75, 3.05) is 19.6 Å². The van der Waals surface area contributed by atoms with Gasteiger partial charge in [-0.05, 0) is 49.6 Å². The Bertz CT molecular complexity index is 416. The van der Waals surface area contributed by atoms with Crippen LogP contribution in [-0.2, 0) is 4.79 Å². The van der Waals surface area contributed by atoms with Gasteiger partial charge < -0.3 is 10.6 Å². The Morgan fingerprint density at radius 3 is 2.41 bits per heavy atom. The molecule has 1 saturated carbocycles. The summed E-state index contributed by atoms with van der Waals surface area (Å²) in [6.07, 6.45) is 5.51. The predicted octanol–water partition coefficient (Wildman–Crippen LogP) is 3.50. The molecule has 3 nitrogen and oxygen atoms in total. The molecule has 0 atom stereocenters. The molecule has 0 aliphatic heterocycles. The molecule has 1 fully saturated rings. The summed E-state index contributed by atoms with van der Waals surface area (Å²) in [6, 6.07) is 10.8. The van der Waals surface area contributed by atoms with Crippen LogP contribution in [0.3, 0.4) is 0 Å². The highest BCUT2D eigenvalue weighted by Gasteiger charge is 2.23. The van der Waals surface area contributed by atoms with E-state index >= 15 is 0 Å². The van der Waals surface area contributed by atoms with E-state index in [4.69, 9.17) is 0 Å². The number of benzene rings is 1. The van der Waals surface area contributed by atoms with E-state index in [1.807, 2.05) is 0 Å². The second kappa shape index (κ2) is 10.6. The molecule has 0 heterocycles. The molecule has 0 unspecified atom stereocenters. The number of nitrogens with one attached hydrogen (secondary N) is 2. The van der Waals surface area contributed by atoms with Gasteiger partial charge in [0.25, 0.3) is 0 Å². The third-order valence-corrected chi connectivity index (χ3v) is 4.47. The summed E-state index contributed by atoms with van der Waals surface area (Å²) in [7, 11) is 0. The van der Waals surface area contributed by atoms with Gasteiger partial charge in [-0.1, -0.05) is 37.3 Å². The minimum atomic E-state index is 0. The Kier molecular flexibility index (Phi) is 9.17. The van der Waals surface area contributed by atoms with E-state index < -0.39 is 0 Å². The Morgan fingerprint density at radius 2 is 1.77 bits per heavy atom. The highest BCUT2D eigenvalue weighted by Crippen LogP contribution is 2.36. The number of carbonyl (C=O) groups is 1. The lowest BCUT2D eigenvalue weighted by Crippen LogP contribution is -2.33. The Hall–Kier alpha value is -1.06. The Labute approximate surface area is 140 Å². The van der Waals surface area contributed by atoms with E-state index in [1.165, 1.54) is 31.2 Å². The molecule has 4 heteroatoms. The summed E-state index contributed by atoms with van der Waals surface area (Å²) in [5.41, 5.74) is 1.46. The van der Waals surface area contributed by atoms with E-state index in [1.54, 1.807) is 0 Å². The molecule has 1 aromatic carbocycles. The number of amides is 1. The summed E-state index contributed by atoms with van der Waals surface area (Å²) in [4.78, 5) is 11.9. The summed E-state index contributed by atoms with van der Waals surface area (Å²) in [5.74, 6) is 1.49. The molecule has 2 N–H and O–H groups in total. The molecular weight excluding hydrogens is 296 g/mol. The van der Waals surface area contributed by atoms with Crippen LogP contribution in [0, 0.1) is 5.92 Å². The number of halogens is 1. The van der Waals surface area contributed by atoms with Crippen molar-refractivity contribution in [2.45, 2.75) is 44.9 Å². The standard InChI is InChI=1S/C18H28N2O.ClH/c1-2-19-12-13-20-18(21)14-15-8-10-17(11-9-15)16-6-4-3-5-7-16;/h3-7,15,17,19H,2,8-14H2,1H3,(H,20,21);1H.